The van der Waals surface area contributed by atoms with Gasteiger partial charge in [-0.1, -0.05) is 30.3 Å². The van der Waals surface area contributed by atoms with E-state index in [0.717, 1.165) is 5.56 Å². The van der Waals surface area contributed by atoms with Crippen LogP contribution in [0.2, 0.25) is 0 Å². The predicted molar refractivity (Wildman–Crippen MR) is 74.2 cm³/mol. The highest BCUT2D eigenvalue weighted by Gasteiger charge is 2.11. The van der Waals surface area contributed by atoms with Crippen LogP contribution in [-0.4, -0.2) is 37.8 Å². The van der Waals surface area contributed by atoms with Crippen LogP contribution in [0.4, 0.5) is 0 Å². The second-order valence-corrected chi connectivity index (χ2v) is 4.40. The Labute approximate surface area is 119 Å². The molecule has 0 fully saturated rings. The molecule has 2 N–H and O–H groups in total. The molecule has 0 saturated carbocycles. The van der Waals surface area contributed by atoms with E-state index in [1.807, 2.05) is 30.3 Å². The Bertz CT molecular complexity index is 386. The zero-order valence-corrected chi connectivity index (χ0v) is 12.0. The van der Waals surface area contributed by atoms with Crippen LogP contribution >= 0.6 is 0 Å². The second-order valence-electron chi connectivity index (χ2n) is 4.40. The molecule has 1 aromatic rings. The summed E-state index contributed by atoms with van der Waals surface area (Å²) in [5.74, 6) is -0.117. The van der Waals surface area contributed by atoms with E-state index in [1.54, 1.807) is 7.05 Å². The molecule has 1 amide bonds. The summed E-state index contributed by atoms with van der Waals surface area (Å²) in [5.41, 5.74) is 6.85. The lowest BCUT2D eigenvalue weighted by molar-refractivity contribution is -0.306. The molecule has 6 heteroatoms. The third-order valence-corrected chi connectivity index (χ3v) is 2.79. The normalized spacial score (nSPS) is 12.2. The zero-order chi connectivity index (χ0) is 14.8. The molecule has 0 heterocycles. The Kier molecular flexibility index (Phi) is 7.82. The molecule has 1 atom stereocenters. The first-order valence-electron chi connectivity index (χ1n) is 6.48. The highest BCUT2D eigenvalue weighted by molar-refractivity contribution is 5.74. The van der Waals surface area contributed by atoms with Gasteiger partial charge in [-0.05, 0) is 12.0 Å². The van der Waals surface area contributed by atoms with Gasteiger partial charge < -0.3 is 5.73 Å². The minimum atomic E-state index is -0.250. The van der Waals surface area contributed by atoms with Crippen molar-refractivity contribution in [2.45, 2.75) is 25.5 Å². The molecule has 6 nitrogen and oxygen atoms in total. The van der Waals surface area contributed by atoms with Crippen LogP contribution < -0.4 is 5.73 Å². The van der Waals surface area contributed by atoms with Crippen LogP contribution in [0.1, 0.15) is 18.4 Å². The molecule has 1 rings (SSSR count). The summed E-state index contributed by atoms with van der Waals surface area (Å²) in [5, 5.41) is 1.18. The summed E-state index contributed by atoms with van der Waals surface area (Å²) in [4.78, 5) is 26.3. The molecule has 0 spiro atoms. The summed E-state index contributed by atoms with van der Waals surface area (Å²) in [6, 6.07) is 9.45. The summed E-state index contributed by atoms with van der Waals surface area (Å²) < 4.78 is 0. The number of carbonyl (C=O) groups excluding carboxylic acids is 1. The molecule has 0 radical (unpaired) electrons. The van der Waals surface area contributed by atoms with Gasteiger partial charge in [0.2, 0.25) is 5.91 Å². The van der Waals surface area contributed by atoms with Crippen molar-refractivity contribution in [2.24, 2.45) is 5.73 Å². The Balaban J connectivity index is 2.08. The van der Waals surface area contributed by atoms with Crippen LogP contribution in [0.15, 0.2) is 30.3 Å². The van der Waals surface area contributed by atoms with E-state index in [0.29, 0.717) is 19.4 Å². The highest BCUT2D eigenvalue weighted by Crippen LogP contribution is 2.03. The standard InChI is InChI=1S/C14H22N2O4/c1-16(18-2)14(17)9-8-13(15)11-20-19-10-12-6-4-3-5-7-12/h3-7,13H,8-11,15H2,1-2H3/t13-/m1/s1. The Morgan fingerprint density at radius 3 is 2.65 bits per heavy atom. The molecule has 0 bridgehead atoms. The van der Waals surface area contributed by atoms with E-state index in [9.17, 15) is 4.79 Å². The van der Waals surface area contributed by atoms with Crippen molar-refractivity contribution in [1.82, 2.24) is 5.06 Å². The van der Waals surface area contributed by atoms with Gasteiger partial charge in [-0.3, -0.25) is 9.63 Å². The van der Waals surface area contributed by atoms with Gasteiger partial charge in [0.15, 0.2) is 0 Å². The third-order valence-electron chi connectivity index (χ3n) is 2.79. The van der Waals surface area contributed by atoms with Gasteiger partial charge in [-0.15, -0.1) is 0 Å². The Morgan fingerprint density at radius 1 is 1.30 bits per heavy atom. The fourth-order valence-electron chi connectivity index (χ4n) is 1.47. The van der Waals surface area contributed by atoms with Gasteiger partial charge in [-0.2, -0.15) is 0 Å². The Hall–Kier alpha value is -1.47. The van der Waals surface area contributed by atoms with Crippen LogP contribution in [0.5, 0.6) is 0 Å². The molecular weight excluding hydrogens is 260 g/mol. The highest BCUT2D eigenvalue weighted by atomic mass is 17.2. The summed E-state index contributed by atoms with van der Waals surface area (Å²) in [7, 11) is 3.01. The third kappa shape index (κ3) is 6.63. The number of hydrogen-bond acceptors (Lipinski definition) is 5. The Morgan fingerprint density at radius 2 is 2.00 bits per heavy atom. The first-order chi connectivity index (χ1) is 9.63. The van der Waals surface area contributed by atoms with E-state index in [4.69, 9.17) is 20.3 Å². The monoisotopic (exact) mass is 282 g/mol. The molecule has 0 aliphatic heterocycles. The van der Waals surface area contributed by atoms with Crippen LogP contribution in [0, 0.1) is 0 Å². The fourth-order valence-corrected chi connectivity index (χ4v) is 1.47. The number of amides is 1. The summed E-state index contributed by atoms with van der Waals surface area (Å²) in [6.07, 6.45) is 0.828. The largest absolute Gasteiger partial charge is 0.326 e. The average molecular weight is 282 g/mol. The number of nitrogens with zero attached hydrogens (tertiary/aromatic N) is 1. The number of hydrogen-bond donors (Lipinski definition) is 1. The van der Waals surface area contributed by atoms with Gasteiger partial charge >= 0.3 is 0 Å². The maximum absolute atomic E-state index is 11.5. The van der Waals surface area contributed by atoms with Crippen LogP contribution in [0.3, 0.4) is 0 Å². The van der Waals surface area contributed by atoms with Crippen molar-refractivity contribution in [2.75, 3.05) is 20.8 Å². The number of rotatable bonds is 9. The summed E-state index contributed by atoms with van der Waals surface area (Å²) in [6.45, 7) is 0.621. The smallest absolute Gasteiger partial charge is 0.245 e. The number of nitrogens with two attached hydrogens (primary N) is 1. The molecule has 0 aliphatic rings. The first-order valence-corrected chi connectivity index (χ1v) is 6.48. The van der Waals surface area contributed by atoms with E-state index >= 15 is 0 Å². The lowest BCUT2D eigenvalue weighted by Gasteiger charge is -2.15. The van der Waals surface area contributed by atoms with Crippen LogP contribution in [-0.2, 0) is 26.0 Å². The second kappa shape index (κ2) is 9.44. The van der Waals surface area contributed by atoms with Gasteiger partial charge in [-0.25, -0.2) is 14.8 Å². The summed E-state index contributed by atoms with van der Waals surface area (Å²) >= 11 is 0. The predicted octanol–water partition coefficient (Wildman–Crippen LogP) is 1.26. The molecule has 0 unspecified atom stereocenters. The maximum Gasteiger partial charge on any atom is 0.245 e. The van der Waals surface area contributed by atoms with Gasteiger partial charge in [0, 0.05) is 19.5 Å². The van der Waals surface area contributed by atoms with E-state index < -0.39 is 0 Å². The van der Waals surface area contributed by atoms with Gasteiger partial charge in [0.1, 0.15) is 6.61 Å². The van der Waals surface area contributed by atoms with Crippen molar-refractivity contribution in [1.29, 1.82) is 0 Å². The van der Waals surface area contributed by atoms with Crippen LogP contribution in [0.25, 0.3) is 0 Å². The average Bonchev–Trinajstić information content (AvgIpc) is 2.49. The topological polar surface area (TPSA) is 74.0 Å². The molecule has 20 heavy (non-hydrogen) atoms. The molecule has 0 aromatic heterocycles. The zero-order valence-electron chi connectivity index (χ0n) is 12.0. The van der Waals surface area contributed by atoms with E-state index in [-0.39, 0.29) is 18.6 Å². The number of benzene rings is 1. The van der Waals surface area contributed by atoms with Gasteiger partial charge in [0.05, 0.1) is 13.7 Å². The van der Waals surface area contributed by atoms with Gasteiger partial charge in [0.25, 0.3) is 0 Å². The SMILES string of the molecule is CON(C)C(=O)CC[C@@H](N)COOCc1ccccc1. The van der Waals surface area contributed by atoms with Crippen molar-refractivity contribution in [3.05, 3.63) is 35.9 Å². The van der Waals surface area contributed by atoms with Crippen molar-refractivity contribution in [3.8, 4) is 0 Å². The number of carbonyl (C=O) groups is 1. The van der Waals surface area contributed by atoms with E-state index in [2.05, 4.69) is 0 Å². The van der Waals surface area contributed by atoms with Crippen molar-refractivity contribution in [3.63, 3.8) is 0 Å². The first kappa shape index (κ1) is 16.6. The molecule has 112 valence electrons. The van der Waals surface area contributed by atoms with Crippen molar-refractivity contribution >= 4 is 5.91 Å². The minimum absolute atomic E-state index is 0.117. The number of hydroxylamine groups is 2. The van der Waals surface area contributed by atoms with Crippen molar-refractivity contribution < 1.29 is 19.4 Å². The lowest BCUT2D eigenvalue weighted by atomic mass is 10.2. The lowest BCUT2D eigenvalue weighted by Crippen LogP contribution is -2.30. The van der Waals surface area contributed by atoms with E-state index in [1.165, 1.54) is 12.2 Å². The molecule has 1 aromatic carbocycles. The molecule has 0 aliphatic carbocycles. The quantitative estimate of drug-likeness (QED) is 0.419. The minimum Gasteiger partial charge on any atom is -0.326 e. The maximum atomic E-state index is 11.5. The molecule has 0 saturated heterocycles. The fraction of sp³-hybridized carbons (Fsp3) is 0.500. The molecular formula is C14H22N2O4.